The van der Waals surface area contributed by atoms with Crippen molar-refractivity contribution in [1.29, 1.82) is 0 Å². The van der Waals surface area contributed by atoms with Crippen molar-refractivity contribution in [2.75, 3.05) is 13.6 Å². The predicted molar refractivity (Wildman–Crippen MR) is 87.6 cm³/mol. The second-order valence-electron chi connectivity index (χ2n) is 5.91. The van der Waals surface area contributed by atoms with Crippen molar-refractivity contribution in [3.05, 3.63) is 54.7 Å². The number of nitrogens with zero attached hydrogens (tertiary/aromatic N) is 4. The van der Waals surface area contributed by atoms with Crippen LogP contribution in [0.2, 0.25) is 0 Å². The Bertz CT molecular complexity index is 782. The molecule has 0 saturated carbocycles. The van der Waals surface area contributed by atoms with E-state index in [-0.39, 0.29) is 6.04 Å². The molecule has 116 valence electrons. The van der Waals surface area contributed by atoms with Gasteiger partial charge in [0.2, 0.25) is 11.7 Å². The highest BCUT2D eigenvalue weighted by Gasteiger charge is 2.27. The van der Waals surface area contributed by atoms with Crippen molar-refractivity contribution < 1.29 is 4.52 Å². The molecule has 3 aromatic rings. The molecule has 23 heavy (non-hydrogen) atoms. The molecule has 0 bridgehead atoms. The van der Waals surface area contributed by atoms with Gasteiger partial charge in [0.15, 0.2) is 0 Å². The summed E-state index contributed by atoms with van der Waals surface area (Å²) in [7, 11) is 2.10. The third-order valence-electron chi connectivity index (χ3n) is 4.40. The van der Waals surface area contributed by atoms with E-state index in [1.807, 2.05) is 24.3 Å². The van der Waals surface area contributed by atoms with Gasteiger partial charge in [-0.15, -0.1) is 0 Å². The van der Waals surface area contributed by atoms with Crippen molar-refractivity contribution in [2.45, 2.75) is 18.9 Å². The minimum absolute atomic E-state index is 0.257. The molecule has 0 spiro atoms. The monoisotopic (exact) mass is 306 g/mol. The van der Waals surface area contributed by atoms with Gasteiger partial charge < -0.3 is 4.52 Å². The molecule has 0 aliphatic carbocycles. The minimum Gasteiger partial charge on any atom is -0.337 e. The van der Waals surface area contributed by atoms with Crippen LogP contribution in [0.3, 0.4) is 0 Å². The molecule has 1 aliphatic rings. The van der Waals surface area contributed by atoms with E-state index >= 15 is 0 Å². The summed E-state index contributed by atoms with van der Waals surface area (Å²) >= 11 is 0. The molecule has 1 unspecified atom stereocenters. The molecule has 0 N–H and O–H groups in total. The van der Waals surface area contributed by atoms with Crippen LogP contribution in [-0.2, 0) is 0 Å². The zero-order chi connectivity index (χ0) is 15.6. The van der Waals surface area contributed by atoms with Gasteiger partial charge in [-0.3, -0.25) is 9.88 Å². The molecule has 5 nitrogen and oxygen atoms in total. The van der Waals surface area contributed by atoms with E-state index in [0.29, 0.717) is 5.82 Å². The maximum atomic E-state index is 5.48. The van der Waals surface area contributed by atoms with Gasteiger partial charge >= 0.3 is 0 Å². The molecular formula is C18H18N4O. The van der Waals surface area contributed by atoms with E-state index in [1.165, 1.54) is 6.42 Å². The van der Waals surface area contributed by atoms with E-state index in [4.69, 9.17) is 4.52 Å². The molecule has 0 amide bonds. The summed E-state index contributed by atoms with van der Waals surface area (Å²) in [6.45, 7) is 1.09. The second-order valence-corrected chi connectivity index (χ2v) is 5.91. The van der Waals surface area contributed by atoms with Gasteiger partial charge in [-0.25, -0.2) is 0 Å². The lowest BCUT2D eigenvalue weighted by Gasteiger charge is -2.14. The molecule has 5 heteroatoms. The SMILES string of the molecule is CN1CCCC1c1nc(-c2ccc(-c3ccncc3)cc2)no1. The minimum atomic E-state index is 0.257. The Morgan fingerprint density at radius 1 is 1.00 bits per heavy atom. The standard InChI is InChI=1S/C18H18N4O/c1-22-12-2-3-16(22)18-20-17(21-23-18)15-6-4-13(5-7-15)14-8-10-19-11-9-14/h4-11,16H,2-3,12H2,1H3. The van der Waals surface area contributed by atoms with Gasteiger partial charge in [0, 0.05) is 18.0 Å². The predicted octanol–water partition coefficient (Wildman–Crippen LogP) is 3.57. The van der Waals surface area contributed by atoms with E-state index in [9.17, 15) is 0 Å². The lowest BCUT2D eigenvalue weighted by Crippen LogP contribution is -2.17. The topological polar surface area (TPSA) is 55.1 Å². The fourth-order valence-electron chi connectivity index (χ4n) is 3.07. The Kier molecular flexibility index (Phi) is 3.63. The highest BCUT2D eigenvalue weighted by Crippen LogP contribution is 2.30. The quantitative estimate of drug-likeness (QED) is 0.740. The van der Waals surface area contributed by atoms with Gasteiger partial charge in [-0.2, -0.15) is 4.98 Å². The Balaban J connectivity index is 1.58. The second kappa shape index (κ2) is 5.93. The number of benzene rings is 1. The normalized spacial score (nSPS) is 18.4. The molecule has 0 radical (unpaired) electrons. The Hall–Kier alpha value is -2.53. The summed E-state index contributed by atoms with van der Waals surface area (Å²) in [5, 5.41) is 4.15. The van der Waals surface area contributed by atoms with E-state index < -0.39 is 0 Å². The van der Waals surface area contributed by atoms with E-state index in [0.717, 1.165) is 35.5 Å². The average Bonchev–Trinajstić information content (AvgIpc) is 3.24. The van der Waals surface area contributed by atoms with Crippen LogP contribution in [0.4, 0.5) is 0 Å². The van der Waals surface area contributed by atoms with Crippen molar-refractivity contribution in [2.24, 2.45) is 0 Å². The largest absolute Gasteiger partial charge is 0.337 e. The fraction of sp³-hybridized carbons (Fsp3) is 0.278. The highest BCUT2D eigenvalue weighted by molar-refractivity contribution is 5.67. The highest BCUT2D eigenvalue weighted by atomic mass is 16.5. The molecular weight excluding hydrogens is 288 g/mol. The Morgan fingerprint density at radius 3 is 2.39 bits per heavy atom. The van der Waals surface area contributed by atoms with E-state index in [1.54, 1.807) is 12.4 Å². The molecule has 1 aliphatic heterocycles. The number of hydrogen-bond acceptors (Lipinski definition) is 5. The lowest BCUT2D eigenvalue weighted by molar-refractivity contribution is 0.245. The number of rotatable bonds is 3. The first-order valence-electron chi connectivity index (χ1n) is 7.86. The smallest absolute Gasteiger partial charge is 0.244 e. The summed E-state index contributed by atoms with van der Waals surface area (Å²) in [4.78, 5) is 10.9. The summed E-state index contributed by atoms with van der Waals surface area (Å²) in [6, 6.07) is 12.5. The van der Waals surface area contributed by atoms with Crippen molar-refractivity contribution >= 4 is 0 Å². The third-order valence-corrected chi connectivity index (χ3v) is 4.40. The summed E-state index contributed by atoms with van der Waals surface area (Å²) < 4.78 is 5.48. The molecule has 1 saturated heterocycles. The fourth-order valence-corrected chi connectivity index (χ4v) is 3.07. The van der Waals surface area contributed by atoms with Crippen LogP contribution in [0, 0.1) is 0 Å². The zero-order valence-corrected chi connectivity index (χ0v) is 13.0. The van der Waals surface area contributed by atoms with Crippen molar-refractivity contribution in [1.82, 2.24) is 20.0 Å². The van der Waals surface area contributed by atoms with Gasteiger partial charge in [-0.05, 0) is 49.7 Å². The van der Waals surface area contributed by atoms with Gasteiger partial charge in [0.25, 0.3) is 0 Å². The first kappa shape index (κ1) is 14.1. The molecule has 4 rings (SSSR count). The van der Waals surface area contributed by atoms with Crippen LogP contribution < -0.4 is 0 Å². The van der Waals surface area contributed by atoms with Crippen molar-refractivity contribution in [3.63, 3.8) is 0 Å². The molecule has 1 fully saturated rings. The van der Waals surface area contributed by atoms with Crippen LogP contribution in [0.5, 0.6) is 0 Å². The molecule has 3 heterocycles. The summed E-state index contributed by atoms with van der Waals surface area (Å²) in [5.41, 5.74) is 3.27. The third kappa shape index (κ3) is 2.75. The number of hydrogen-bond donors (Lipinski definition) is 0. The molecule has 1 atom stereocenters. The van der Waals surface area contributed by atoms with Crippen LogP contribution in [-0.4, -0.2) is 33.6 Å². The number of likely N-dealkylation sites (tertiary alicyclic amines) is 1. The summed E-state index contributed by atoms with van der Waals surface area (Å²) in [6.07, 6.45) is 5.86. The van der Waals surface area contributed by atoms with E-state index in [2.05, 4.69) is 39.2 Å². The first-order chi connectivity index (χ1) is 11.3. The maximum Gasteiger partial charge on any atom is 0.244 e. The van der Waals surface area contributed by atoms with Gasteiger partial charge in [0.05, 0.1) is 6.04 Å². The maximum absolute atomic E-state index is 5.48. The number of aromatic nitrogens is 3. The Morgan fingerprint density at radius 2 is 1.70 bits per heavy atom. The zero-order valence-electron chi connectivity index (χ0n) is 13.0. The van der Waals surface area contributed by atoms with Crippen molar-refractivity contribution in [3.8, 4) is 22.5 Å². The average molecular weight is 306 g/mol. The molecule has 1 aromatic carbocycles. The molecule has 2 aromatic heterocycles. The van der Waals surface area contributed by atoms with Crippen LogP contribution in [0.25, 0.3) is 22.5 Å². The van der Waals surface area contributed by atoms with Gasteiger partial charge in [-0.1, -0.05) is 29.4 Å². The summed E-state index contributed by atoms with van der Waals surface area (Å²) in [5.74, 6) is 1.37. The first-order valence-corrected chi connectivity index (χ1v) is 7.86. The Labute approximate surface area is 135 Å². The lowest BCUT2D eigenvalue weighted by atomic mass is 10.1. The van der Waals surface area contributed by atoms with Crippen LogP contribution >= 0.6 is 0 Å². The number of pyridine rings is 1. The van der Waals surface area contributed by atoms with Gasteiger partial charge in [0.1, 0.15) is 0 Å². The van der Waals surface area contributed by atoms with Crippen LogP contribution in [0.1, 0.15) is 24.8 Å². The van der Waals surface area contributed by atoms with Crippen LogP contribution in [0.15, 0.2) is 53.3 Å².